The lowest BCUT2D eigenvalue weighted by Crippen LogP contribution is -2.50. The molecule has 1 atom stereocenters. The first-order valence-corrected chi connectivity index (χ1v) is 7.44. The monoisotopic (exact) mass is 253 g/mol. The zero-order chi connectivity index (χ0) is 13.0. The Kier molecular flexibility index (Phi) is 5.01. The molecule has 4 nitrogen and oxygen atoms in total. The van der Waals surface area contributed by atoms with Crippen molar-refractivity contribution in [2.75, 3.05) is 32.7 Å². The molecule has 2 aliphatic rings. The van der Waals surface area contributed by atoms with Gasteiger partial charge in [0.05, 0.1) is 0 Å². The number of rotatable bonds is 6. The molecule has 0 aromatic carbocycles. The van der Waals surface area contributed by atoms with E-state index >= 15 is 0 Å². The summed E-state index contributed by atoms with van der Waals surface area (Å²) in [6, 6.07) is 0.0481. The molecule has 4 heteroatoms. The SMILES string of the molecule is CCCC(N)CC(=O)N1CCN(CC2CC2)CC1. The fourth-order valence-electron chi connectivity index (χ4n) is 2.67. The summed E-state index contributed by atoms with van der Waals surface area (Å²) in [5.74, 6) is 1.20. The molecule has 1 heterocycles. The summed E-state index contributed by atoms with van der Waals surface area (Å²) in [5.41, 5.74) is 5.94. The van der Waals surface area contributed by atoms with Crippen molar-refractivity contribution in [3.8, 4) is 0 Å². The number of amides is 1. The minimum Gasteiger partial charge on any atom is -0.340 e. The zero-order valence-corrected chi connectivity index (χ0v) is 11.6. The molecule has 2 rings (SSSR count). The highest BCUT2D eigenvalue weighted by molar-refractivity contribution is 5.76. The van der Waals surface area contributed by atoms with E-state index in [1.54, 1.807) is 0 Å². The van der Waals surface area contributed by atoms with E-state index in [-0.39, 0.29) is 11.9 Å². The third-order valence-corrected chi connectivity index (χ3v) is 4.03. The maximum absolute atomic E-state index is 12.1. The van der Waals surface area contributed by atoms with Crippen LogP contribution < -0.4 is 5.73 Å². The molecule has 104 valence electrons. The van der Waals surface area contributed by atoms with Gasteiger partial charge >= 0.3 is 0 Å². The van der Waals surface area contributed by atoms with Crippen molar-refractivity contribution < 1.29 is 4.79 Å². The molecule has 2 fully saturated rings. The van der Waals surface area contributed by atoms with Gasteiger partial charge in [-0.05, 0) is 25.2 Å². The van der Waals surface area contributed by atoms with Crippen LogP contribution in [-0.2, 0) is 4.79 Å². The lowest BCUT2D eigenvalue weighted by molar-refractivity contribution is -0.133. The molecule has 2 N–H and O–H groups in total. The smallest absolute Gasteiger partial charge is 0.224 e. The molecule has 1 aliphatic carbocycles. The number of nitrogens with zero attached hydrogens (tertiary/aromatic N) is 2. The van der Waals surface area contributed by atoms with E-state index in [1.807, 2.05) is 4.90 Å². The fraction of sp³-hybridized carbons (Fsp3) is 0.929. The van der Waals surface area contributed by atoms with Crippen LogP contribution in [0.4, 0.5) is 0 Å². The molecule has 0 spiro atoms. The molecule has 1 aliphatic heterocycles. The van der Waals surface area contributed by atoms with Crippen molar-refractivity contribution in [3.63, 3.8) is 0 Å². The van der Waals surface area contributed by atoms with Crippen molar-refractivity contribution in [2.45, 2.75) is 45.1 Å². The van der Waals surface area contributed by atoms with Crippen LogP contribution in [0.1, 0.15) is 39.0 Å². The Bertz CT molecular complexity index is 270. The maximum Gasteiger partial charge on any atom is 0.224 e. The summed E-state index contributed by atoms with van der Waals surface area (Å²) in [6.45, 7) is 7.24. The second-order valence-electron chi connectivity index (χ2n) is 5.88. The quantitative estimate of drug-likeness (QED) is 0.770. The van der Waals surface area contributed by atoms with Crippen molar-refractivity contribution in [1.29, 1.82) is 0 Å². The number of hydrogen-bond donors (Lipinski definition) is 1. The highest BCUT2D eigenvalue weighted by Gasteiger charge is 2.27. The van der Waals surface area contributed by atoms with Crippen LogP contribution in [0, 0.1) is 5.92 Å². The van der Waals surface area contributed by atoms with Crippen LogP contribution in [0.3, 0.4) is 0 Å². The van der Waals surface area contributed by atoms with Crippen LogP contribution in [-0.4, -0.2) is 54.5 Å². The maximum atomic E-state index is 12.1. The fourth-order valence-corrected chi connectivity index (χ4v) is 2.67. The molecular weight excluding hydrogens is 226 g/mol. The largest absolute Gasteiger partial charge is 0.340 e. The van der Waals surface area contributed by atoms with Crippen LogP contribution in [0.15, 0.2) is 0 Å². The first-order valence-electron chi connectivity index (χ1n) is 7.44. The van der Waals surface area contributed by atoms with Gasteiger partial charge in [0.1, 0.15) is 0 Å². The number of carbonyl (C=O) groups excluding carboxylic acids is 1. The average Bonchev–Trinajstić information content (AvgIpc) is 3.14. The minimum absolute atomic E-state index is 0.0481. The van der Waals surface area contributed by atoms with Crippen molar-refractivity contribution in [1.82, 2.24) is 9.80 Å². The molecule has 1 saturated carbocycles. The standard InChI is InChI=1S/C14H27N3O/c1-2-3-13(15)10-14(18)17-8-6-16(7-9-17)11-12-4-5-12/h12-13H,2-11,15H2,1H3. The Morgan fingerprint density at radius 2 is 1.94 bits per heavy atom. The Hall–Kier alpha value is -0.610. The Labute approximate surface area is 110 Å². The molecular formula is C14H27N3O. The molecule has 0 bridgehead atoms. The highest BCUT2D eigenvalue weighted by atomic mass is 16.2. The molecule has 1 saturated heterocycles. The van der Waals surface area contributed by atoms with Crippen LogP contribution in [0.2, 0.25) is 0 Å². The average molecular weight is 253 g/mol. The summed E-state index contributed by atoms with van der Waals surface area (Å²) < 4.78 is 0. The third kappa shape index (κ3) is 4.25. The summed E-state index contributed by atoms with van der Waals surface area (Å²) >= 11 is 0. The molecule has 0 aromatic rings. The number of hydrogen-bond acceptors (Lipinski definition) is 3. The highest BCUT2D eigenvalue weighted by Crippen LogP contribution is 2.29. The van der Waals surface area contributed by atoms with Crippen molar-refractivity contribution in [3.05, 3.63) is 0 Å². The van der Waals surface area contributed by atoms with E-state index in [2.05, 4.69) is 11.8 Å². The first-order chi connectivity index (χ1) is 8.69. The molecule has 0 radical (unpaired) electrons. The summed E-state index contributed by atoms with van der Waals surface area (Å²) in [5, 5.41) is 0. The summed E-state index contributed by atoms with van der Waals surface area (Å²) in [7, 11) is 0. The van der Waals surface area contributed by atoms with Gasteiger partial charge in [-0.3, -0.25) is 9.69 Å². The van der Waals surface area contributed by atoms with Gasteiger partial charge in [-0.25, -0.2) is 0 Å². The number of carbonyl (C=O) groups is 1. The lowest BCUT2D eigenvalue weighted by Gasteiger charge is -2.35. The molecule has 18 heavy (non-hydrogen) atoms. The Morgan fingerprint density at radius 3 is 2.50 bits per heavy atom. The van der Waals surface area contributed by atoms with Crippen LogP contribution >= 0.6 is 0 Å². The molecule has 1 amide bonds. The summed E-state index contributed by atoms with van der Waals surface area (Å²) in [6.07, 6.45) is 5.35. The number of nitrogens with two attached hydrogens (primary N) is 1. The van der Waals surface area contributed by atoms with E-state index in [0.717, 1.165) is 44.9 Å². The van der Waals surface area contributed by atoms with E-state index in [4.69, 9.17) is 5.73 Å². The normalized spacial score (nSPS) is 23.1. The molecule has 1 unspecified atom stereocenters. The van der Waals surface area contributed by atoms with Crippen molar-refractivity contribution in [2.24, 2.45) is 11.7 Å². The Balaban J connectivity index is 1.66. The second kappa shape index (κ2) is 6.53. The van der Waals surface area contributed by atoms with Gasteiger partial charge in [0, 0.05) is 45.2 Å². The van der Waals surface area contributed by atoms with Gasteiger partial charge in [0.25, 0.3) is 0 Å². The van der Waals surface area contributed by atoms with Crippen LogP contribution in [0.25, 0.3) is 0 Å². The molecule has 0 aromatic heterocycles. The van der Waals surface area contributed by atoms with Gasteiger partial charge in [0.2, 0.25) is 5.91 Å². The second-order valence-corrected chi connectivity index (χ2v) is 5.88. The van der Waals surface area contributed by atoms with Crippen LogP contribution in [0.5, 0.6) is 0 Å². The summed E-state index contributed by atoms with van der Waals surface area (Å²) in [4.78, 5) is 16.6. The van der Waals surface area contributed by atoms with Gasteiger partial charge in [-0.15, -0.1) is 0 Å². The van der Waals surface area contributed by atoms with E-state index in [9.17, 15) is 4.79 Å². The van der Waals surface area contributed by atoms with Gasteiger partial charge < -0.3 is 10.6 Å². The predicted octanol–water partition coefficient (Wildman–Crippen LogP) is 1.06. The van der Waals surface area contributed by atoms with Gasteiger partial charge in [-0.1, -0.05) is 13.3 Å². The Morgan fingerprint density at radius 1 is 1.28 bits per heavy atom. The topological polar surface area (TPSA) is 49.6 Å². The first kappa shape index (κ1) is 13.8. The predicted molar refractivity (Wildman–Crippen MR) is 73.2 cm³/mol. The van der Waals surface area contributed by atoms with E-state index in [0.29, 0.717) is 6.42 Å². The van der Waals surface area contributed by atoms with Crippen molar-refractivity contribution >= 4 is 5.91 Å². The van der Waals surface area contributed by atoms with E-state index in [1.165, 1.54) is 19.4 Å². The van der Waals surface area contributed by atoms with Gasteiger partial charge in [-0.2, -0.15) is 0 Å². The third-order valence-electron chi connectivity index (χ3n) is 4.03. The zero-order valence-electron chi connectivity index (χ0n) is 11.6. The van der Waals surface area contributed by atoms with Gasteiger partial charge in [0.15, 0.2) is 0 Å². The van der Waals surface area contributed by atoms with E-state index < -0.39 is 0 Å². The number of piperazine rings is 1. The lowest BCUT2D eigenvalue weighted by atomic mass is 10.1. The minimum atomic E-state index is 0.0481.